The number of carbonyl (C=O) groups is 2. The summed E-state index contributed by atoms with van der Waals surface area (Å²) in [6.07, 6.45) is 8.02. The van der Waals surface area contributed by atoms with E-state index in [1.807, 2.05) is 36.1 Å². The van der Waals surface area contributed by atoms with Gasteiger partial charge in [-0.1, -0.05) is 31.4 Å². The summed E-state index contributed by atoms with van der Waals surface area (Å²) in [4.78, 5) is 30.2. The normalized spacial score (nSPS) is 22.7. The van der Waals surface area contributed by atoms with Gasteiger partial charge in [0.05, 0.1) is 6.04 Å². The van der Waals surface area contributed by atoms with Gasteiger partial charge in [0.1, 0.15) is 0 Å². The Kier molecular flexibility index (Phi) is 6.00. The molecule has 1 aromatic rings. The molecule has 1 saturated heterocycles. The van der Waals surface area contributed by atoms with Gasteiger partial charge in [0, 0.05) is 37.8 Å². The molecular weight excluding hydrogens is 350 g/mol. The molecule has 28 heavy (non-hydrogen) atoms. The zero-order valence-corrected chi connectivity index (χ0v) is 17.0. The van der Waals surface area contributed by atoms with Crippen LogP contribution in [0.3, 0.4) is 0 Å². The first-order valence-corrected chi connectivity index (χ1v) is 11.0. The van der Waals surface area contributed by atoms with Crippen molar-refractivity contribution in [2.24, 2.45) is 11.8 Å². The second-order valence-corrected chi connectivity index (χ2v) is 8.84. The third kappa shape index (κ3) is 4.24. The molecule has 1 aliphatic heterocycles. The van der Waals surface area contributed by atoms with Crippen LogP contribution in [0, 0.1) is 18.8 Å². The van der Waals surface area contributed by atoms with Crippen LogP contribution in [0.1, 0.15) is 50.5 Å². The van der Waals surface area contributed by atoms with Crippen LogP contribution in [-0.2, 0) is 9.59 Å². The predicted molar refractivity (Wildman–Crippen MR) is 111 cm³/mol. The first-order chi connectivity index (χ1) is 13.6. The summed E-state index contributed by atoms with van der Waals surface area (Å²) >= 11 is 0. The minimum absolute atomic E-state index is 0.0797. The van der Waals surface area contributed by atoms with E-state index in [9.17, 15) is 9.59 Å². The minimum Gasteiger partial charge on any atom is -0.340 e. The monoisotopic (exact) mass is 383 g/mol. The molecule has 2 saturated carbocycles. The van der Waals surface area contributed by atoms with E-state index >= 15 is 0 Å². The number of rotatable bonds is 5. The highest BCUT2D eigenvalue weighted by Crippen LogP contribution is 2.32. The van der Waals surface area contributed by atoms with Gasteiger partial charge in [-0.05, 0) is 56.2 Å². The third-order valence-electron chi connectivity index (χ3n) is 6.87. The molecule has 0 bridgehead atoms. The van der Waals surface area contributed by atoms with E-state index in [4.69, 9.17) is 0 Å². The molecule has 0 spiro atoms. The van der Waals surface area contributed by atoms with E-state index in [1.165, 1.54) is 19.3 Å². The molecule has 2 aliphatic carbocycles. The summed E-state index contributed by atoms with van der Waals surface area (Å²) in [5.41, 5.74) is 2.03. The molecule has 4 rings (SSSR count). The van der Waals surface area contributed by atoms with E-state index in [-0.39, 0.29) is 17.9 Å². The maximum absolute atomic E-state index is 13.3. The van der Waals surface area contributed by atoms with Crippen LogP contribution in [0.2, 0.25) is 0 Å². The lowest BCUT2D eigenvalue weighted by molar-refractivity contribution is -0.140. The van der Waals surface area contributed by atoms with E-state index in [2.05, 4.69) is 10.2 Å². The summed E-state index contributed by atoms with van der Waals surface area (Å²) in [5.74, 6) is 1.16. The smallest absolute Gasteiger partial charge is 0.242 e. The molecule has 1 N–H and O–H groups in total. The Hall–Kier alpha value is -1.88. The SMILES string of the molecule is Cc1cccc(NC(=O)C(C2CCCC2)N2CCN(C(=O)C3CCC3)CC2)c1. The summed E-state index contributed by atoms with van der Waals surface area (Å²) < 4.78 is 0. The summed E-state index contributed by atoms with van der Waals surface area (Å²) in [7, 11) is 0. The zero-order chi connectivity index (χ0) is 19.5. The highest BCUT2D eigenvalue weighted by atomic mass is 16.2. The first-order valence-electron chi connectivity index (χ1n) is 11.0. The molecule has 1 aromatic carbocycles. The number of hydrogen-bond acceptors (Lipinski definition) is 3. The molecule has 3 aliphatic rings. The van der Waals surface area contributed by atoms with Crippen molar-refractivity contribution in [3.05, 3.63) is 29.8 Å². The lowest BCUT2D eigenvalue weighted by Gasteiger charge is -2.42. The number of anilines is 1. The highest BCUT2D eigenvalue weighted by Gasteiger charge is 2.38. The van der Waals surface area contributed by atoms with Crippen LogP contribution in [-0.4, -0.2) is 53.8 Å². The molecule has 2 amide bonds. The first kappa shape index (κ1) is 19.4. The summed E-state index contributed by atoms with van der Waals surface area (Å²) in [5, 5.41) is 3.17. The molecule has 5 nitrogen and oxygen atoms in total. The fraction of sp³-hybridized carbons (Fsp3) is 0.652. The standard InChI is InChI=1S/C23H33N3O2/c1-17-6-4-11-20(16-17)24-22(27)21(18-7-2-3-8-18)25-12-14-26(15-13-25)23(28)19-9-5-10-19/h4,6,11,16,18-19,21H,2-3,5,7-10,12-15H2,1H3,(H,24,27). The van der Waals surface area contributed by atoms with Crippen LogP contribution in [0.15, 0.2) is 24.3 Å². The minimum atomic E-state index is -0.0797. The molecule has 0 aromatic heterocycles. The zero-order valence-electron chi connectivity index (χ0n) is 17.0. The molecule has 0 radical (unpaired) electrons. The molecule has 5 heteroatoms. The summed E-state index contributed by atoms with van der Waals surface area (Å²) in [6, 6.07) is 7.94. The topological polar surface area (TPSA) is 52.7 Å². The second kappa shape index (κ2) is 8.64. The van der Waals surface area contributed by atoms with Crippen molar-refractivity contribution in [3.8, 4) is 0 Å². The Morgan fingerprint density at radius 3 is 2.32 bits per heavy atom. The van der Waals surface area contributed by atoms with Crippen molar-refractivity contribution in [2.45, 2.75) is 57.9 Å². The van der Waals surface area contributed by atoms with Crippen LogP contribution in [0.5, 0.6) is 0 Å². The Morgan fingerprint density at radius 1 is 1.00 bits per heavy atom. The number of benzene rings is 1. The van der Waals surface area contributed by atoms with Crippen molar-refractivity contribution in [1.29, 1.82) is 0 Å². The van der Waals surface area contributed by atoms with Gasteiger partial charge in [-0.25, -0.2) is 0 Å². The van der Waals surface area contributed by atoms with E-state index in [0.29, 0.717) is 11.8 Å². The van der Waals surface area contributed by atoms with Crippen LogP contribution in [0.4, 0.5) is 5.69 Å². The van der Waals surface area contributed by atoms with Gasteiger partial charge in [-0.3, -0.25) is 14.5 Å². The Balaban J connectivity index is 1.41. The molecule has 3 fully saturated rings. The number of piperazine rings is 1. The maximum Gasteiger partial charge on any atom is 0.242 e. The fourth-order valence-electron chi connectivity index (χ4n) is 5.02. The van der Waals surface area contributed by atoms with Gasteiger partial charge in [0.2, 0.25) is 11.8 Å². The van der Waals surface area contributed by atoms with E-state index < -0.39 is 0 Å². The second-order valence-electron chi connectivity index (χ2n) is 8.84. The molecule has 152 valence electrons. The van der Waals surface area contributed by atoms with Crippen molar-refractivity contribution in [2.75, 3.05) is 31.5 Å². The third-order valence-corrected chi connectivity index (χ3v) is 6.87. The van der Waals surface area contributed by atoms with Gasteiger partial charge in [0.15, 0.2) is 0 Å². The number of aryl methyl sites for hydroxylation is 1. The van der Waals surface area contributed by atoms with Crippen LogP contribution < -0.4 is 5.32 Å². The quantitative estimate of drug-likeness (QED) is 0.847. The van der Waals surface area contributed by atoms with Crippen molar-refractivity contribution in [1.82, 2.24) is 9.80 Å². The lowest BCUT2D eigenvalue weighted by atomic mass is 9.84. The number of carbonyl (C=O) groups excluding carboxylic acids is 2. The fourth-order valence-corrected chi connectivity index (χ4v) is 5.02. The van der Waals surface area contributed by atoms with Crippen molar-refractivity contribution < 1.29 is 9.59 Å². The number of nitrogens with one attached hydrogen (secondary N) is 1. The van der Waals surface area contributed by atoms with Crippen molar-refractivity contribution >= 4 is 17.5 Å². The number of amides is 2. The van der Waals surface area contributed by atoms with Crippen molar-refractivity contribution in [3.63, 3.8) is 0 Å². The van der Waals surface area contributed by atoms with Gasteiger partial charge >= 0.3 is 0 Å². The van der Waals surface area contributed by atoms with Gasteiger partial charge < -0.3 is 10.2 Å². The molecule has 1 unspecified atom stereocenters. The molecule has 1 atom stereocenters. The number of nitrogens with zero attached hydrogens (tertiary/aromatic N) is 2. The maximum atomic E-state index is 13.3. The molecular formula is C23H33N3O2. The lowest BCUT2D eigenvalue weighted by Crippen LogP contribution is -2.57. The number of hydrogen-bond donors (Lipinski definition) is 1. The Labute approximate surface area is 168 Å². The molecule has 1 heterocycles. The Morgan fingerprint density at radius 2 is 1.71 bits per heavy atom. The van der Waals surface area contributed by atoms with E-state index in [0.717, 1.165) is 63.1 Å². The predicted octanol–water partition coefficient (Wildman–Crippen LogP) is 3.44. The highest BCUT2D eigenvalue weighted by molar-refractivity contribution is 5.95. The van der Waals surface area contributed by atoms with Gasteiger partial charge in [-0.2, -0.15) is 0 Å². The van der Waals surface area contributed by atoms with E-state index in [1.54, 1.807) is 0 Å². The van der Waals surface area contributed by atoms with Crippen LogP contribution >= 0.6 is 0 Å². The average Bonchev–Trinajstić information content (AvgIpc) is 3.15. The van der Waals surface area contributed by atoms with Gasteiger partial charge in [-0.15, -0.1) is 0 Å². The van der Waals surface area contributed by atoms with Gasteiger partial charge in [0.25, 0.3) is 0 Å². The largest absolute Gasteiger partial charge is 0.340 e. The average molecular weight is 384 g/mol. The summed E-state index contributed by atoms with van der Waals surface area (Å²) in [6.45, 7) is 5.18. The Bertz CT molecular complexity index is 702. The van der Waals surface area contributed by atoms with Crippen LogP contribution in [0.25, 0.3) is 0 Å².